The van der Waals surface area contributed by atoms with Crippen LogP contribution in [0, 0.1) is 0 Å². The second kappa shape index (κ2) is 9.70. The van der Waals surface area contributed by atoms with Crippen molar-refractivity contribution in [3.8, 4) is 0 Å². The molecule has 1 atom stereocenters. The Morgan fingerprint density at radius 3 is 2.26 bits per heavy atom. The largest absolute Gasteiger partial charge is 0.326 e. The Hall–Kier alpha value is -2.91. The number of rotatable bonds is 8. The third-order valence-electron chi connectivity index (χ3n) is 4.61. The molecule has 3 aromatic rings. The lowest BCUT2D eigenvalue weighted by Crippen LogP contribution is -2.18. The summed E-state index contributed by atoms with van der Waals surface area (Å²) in [6.45, 7) is 2.91. The number of benzene rings is 3. The first kappa shape index (κ1) is 18.9. The molecule has 3 aromatic carbocycles. The van der Waals surface area contributed by atoms with Crippen molar-refractivity contribution in [2.45, 2.75) is 32.4 Å². The third-order valence-corrected chi connectivity index (χ3v) is 4.61. The van der Waals surface area contributed by atoms with E-state index in [1.54, 1.807) is 0 Å². The zero-order chi connectivity index (χ0) is 18.9. The van der Waals surface area contributed by atoms with Gasteiger partial charge in [0.25, 0.3) is 0 Å². The van der Waals surface area contributed by atoms with Crippen LogP contribution < -0.4 is 10.6 Å². The van der Waals surface area contributed by atoms with Gasteiger partial charge in [0, 0.05) is 24.7 Å². The molecule has 0 saturated carbocycles. The second-order valence-corrected chi connectivity index (χ2v) is 6.75. The summed E-state index contributed by atoms with van der Waals surface area (Å²) in [4.78, 5) is 12.2. The smallest absolute Gasteiger partial charge is 0.224 e. The number of hydrogen-bond acceptors (Lipinski definition) is 2. The van der Waals surface area contributed by atoms with Gasteiger partial charge in [-0.05, 0) is 42.2 Å². The van der Waals surface area contributed by atoms with Gasteiger partial charge in [-0.25, -0.2) is 0 Å². The van der Waals surface area contributed by atoms with Crippen molar-refractivity contribution in [2.24, 2.45) is 0 Å². The van der Waals surface area contributed by atoms with E-state index in [9.17, 15) is 4.79 Å². The zero-order valence-corrected chi connectivity index (χ0v) is 15.7. The van der Waals surface area contributed by atoms with Gasteiger partial charge in [0.15, 0.2) is 0 Å². The fraction of sp³-hybridized carbons (Fsp3) is 0.208. The highest BCUT2D eigenvalue weighted by molar-refractivity contribution is 5.90. The summed E-state index contributed by atoms with van der Waals surface area (Å²) in [5.74, 6) is 0.0432. The lowest BCUT2D eigenvalue weighted by atomic mass is 10.1. The van der Waals surface area contributed by atoms with Gasteiger partial charge in [0.1, 0.15) is 0 Å². The highest BCUT2D eigenvalue weighted by atomic mass is 16.1. The van der Waals surface area contributed by atoms with Gasteiger partial charge in [-0.1, -0.05) is 72.8 Å². The van der Waals surface area contributed by atoms with Gasteiger partial charge >= 0.3 is 0 Å². The monoisotopic (exact) mass is 358 g/mol. The zero-order valence-electron chi connectivity index (χ0n) is 15.7. The molecule has 0 aliphatic rings. The van der Waals surface area contributed by atoms with Crippen molar-refractivity contribution in [1.82, 2.24) is 5.32 Å². The Labute approximate surface area is 161 Å². The van der Waals surface area contributed by atoms with E-state index in [4.69, 9.17) is 0 Å². The van der Waals surface area contributed by atoms with Gasteiger partial charge < -0.3 is 10.6 Å². The summed E-state index contributed by atoms with van der Waals surface area (Å²) >= 11 is 0. The molecule has 0 aromatic heterocycles. The number of anilines is 1. The SMILES string of the molecule is C[C@@H](NCc1cccc(NC(=O)CCc2ccccc2)c1)c1ccccc1. The minimum absolute atomic E-state index is 0.0432. The maximum absolute atomic E-state index is 12.2. The number of amides is 1. The van der Waals surface area contributed by atoms with E-state index in [0.29, 0.717) is 6.42 Å². The van der Waals surface area contributed by atoms with Crippen molar-refractivity contribution >= 4 is 11.6 Å². The molecule has 2 N–H and O–H groups in total. The van der Waals surface area contributed by atoms with Crippen molar-refractivity contribution in [3.05, 3.63) is 102 Å². The molecular weight excluding hydrogens is 332 g/mol. The van der Waals surface area contributed by atoms with Crippen LogP contribution in [0.5, 0.6) is 0 Å². The van der Waals surface area contributed by atoms with Crippen molar-refractivity contribution in [2.75, 3.05) is 5.32 Å². The first-order valence-electron chi connectivity index (χ1n) is 9.42. The topological polar surface area (TPSA) is 41.1 Å². The molecular formula is C24H26N2O. The summed E-state index contributed by atoms with van der Waals surface area (Å²) in [5, 5.41) is 6.53. The predicted molar refractivity (Wildman–Crippen MR) is 112 cm³/mol. The van der Waals surface area contributed by atoms with Crippen LogP contribution in [0.3, 0.4) is 0 Å². The molecule has 138 valence electrons. The van der Waals surface area contributed by atoms with E-state index >= 15 is 0 Å². The Morgan fingerprint density at radius 2 is 1.52 bits per heavy atom. The molecule has 3 nitrogen and oxygen atoms in total. The lowest BCUT2D eigenvalue weighted by Gasteiger charge is -2.15. The van der Waals surface area contributed by atoms with Gasteiger partial charge in [-0.2, -0.15) is 0 Å². The van der Waals surface area contributed by atoms with Crippen LogP contribution in [0.25, 0.3) is 0 Å². The van der Waals surface area contributed by atoms with Crippen molar-refractivity contribution in [1.29, 1.82) is 0 Å². The van der Waals surface area contributed by atoms with Crippen LogP contribution in [0.1, 0.15) is 36.1 Å². The maximum Gasteiger partial charge on any atom is 0.224 e. The van der Waals surface area contributed by atoms with Crippen LogP contribution in [0.2, 0.25) is 0 Å². The minimum atomic E-state index is 0.0432. The first-order valence-corrected chi connectivity index (χ1v) is 9.42. The Bertz CT molecular complexity index is 847. The maximum atomic E-state index is 12.2. The normalized spacial score (nSPS) is 11.7. The molecule has 0 radical (unpaired) electrons. The molecule has 0 heterocycles. The standard InChI is InChI=1S/C24H26N2O/c1-19(22-12-6-3-7-13-22)25-18-21-11-8-14-23(17-21)26-24(27)16-15-20-9-4-2-5-10-20/h2-14,17,19,25H,15-16,18H2,1H3,(H,26,27)/t19-/m1/s1. The average molecular weight is 358 g/mol. The Kier molecular flexibility index (Phi) is 6.78. The summed E-state index contributed by atoms with van der Waals surface area (Å²) in [6.07, 6.45) is 1.24. The lowest BCUT2D eigenvalue weighted by molar-refractivity contribution is -0.116. The highest BCUT2D eigenvalue weighted by Crippen LogP contribution is 2.15. The number of nitrogens with one attached hydrogen (secondary N) is 2. The third kappa shape index (κ3) is 6.08. The van der Waals surface area contributed by atoms with Crippen LogP contribution in [0.4, 0.5) is 5.69 Å². The fourth-order valence-electron chi connectivity index (χ4n) is 3.02. The summed E-state index contributed by atoms with van der Waals surface area (Å²) < 4.78 is 0. The molecule has 0 aliphatic heterocycles. The van der Waals surface area contributed by atoms with Crippen molar-refractivity contribution in [3.63, 3.8) is 0 Å². The van der Waals surface area contributed by atoms with E-state index < -0.39 is 0 Å². The molecule has 0 unspecified atom stereocenters. The Balaban J connectivity index is 1.50. The van der Waals surface area contributed by atoms with Gasteiger partial charge in [-0.15, -0.1) is 0 Å². The van der Waals surface area contributed by atoms with E-state index in [-0.39, 0.29) is 11.9 Å². The van der Waals surface area contributed by atoms with Crippen LogP contribution >= 0.6 is 0 Å². The predicted octanol–water partition coefficient (Wildman–Crippen LogP) is 5.11. The minimum Gasteiger partial charge on any atom is -0.326 e. The molecule has 0 saturated heterocycles. The van der Waals surface area contributed by atoms with Crippen LogP contribution in [-0.4, -0.2) is 5.91 Å². The van der Waals surface area contributed by atoms with Crippen LogP contribution in [-0.2, 0) is 17.8 Å². The molecule has 1 amide bonds. The molecule has 0 fully saturated rings. The van der Waals surface area contributed by atoms with Crippen LogP contribution in [0.15, 0.2) is 84.9 Å². The highest BCUT2D eigenvalue weighted by Gasteiger charge is 2.06. The number of carbonyl (C=O) groups excluding carboxylic acids is 1. The molecule has 0 bridgehead atoms. The quantitative estimate of drug-likeness (QED) is 0.587. The fourth-order valence-corrected chi connectivity index (χ4v) is 3.02. The summed E-state index contributed by atoms with van der Waals surface area (Å²) in [5.41, 5.74) is 4.45. The van der Waals surface area contributed by atoms with E-state index in [2.05, 4.69) is 47.9 Å². The Morgan fingerprint density at radius 1 is 0.852 bits per heavy atom. The number of hydrogen-bond donors (Lipinski definition) is 2. The van der Waals surface area contributed by atoms with Crippen molar-refractivity contribution < 1.29 is 4.79 Å². The number of carbonyl (C=O) groups is 1. The van der Waals surface area contributed by atoms with E-state index in [0.717, 1.165) is 24.2 Å². The first-order chi connectivity index (χ1) is 13.2. The summed E-state index contributed by atoms with van der Waals surface area (Å²) in [6, 6.07) is 28.8. The molecule has 3 rings (SSSR count). The van der Waals surface area contributed by atoms with Gasteiger partial charge in [0.2, 0.25) is 5.91 Å². The van der Waals surface area contributed by atoms with Gasteiger partial charge in [-0.3, -0.25) is 4.79 Å². The second-order valence-electron chi connectivity index (χ2n) is 6.75. The van der Waals surface area contributed by atoms with E-state index in [1.165, 1.54) is 11.1 Å². The van der Waals surface area contributed by atoms with E-state index in [1.807, 2.05) is 54.6 Å². The molecule has 0 aliphatic carbocycles. The summed E-state index contributed by atoms with van der Waals surface area (Å²) in [7, 11) is 0. The number of aryl methyl sites for hydroxylation is 1. The molecule has 0 spiro atoms. The molecule has 3 heteroatoms. The van der Waals surface area contributed by atoms with Gasteiger partial charge in [0.05, 0.1) is 0 Å². The average Bonchev–Trinajstić information content (AvgIpc) is 2.72. The molecule has 27 heavy (non-hydrogen) atoms.